The van der Waals surface area contributed by atoms with E-state index in [1.54, 1.807) is 26.2 Å². The van der Waals surface area contributed by atoms with Gasteiger partial charge in [0.15, 0.2) is 0 Å². The Hall–Kier alpha value is -2.53. The highest BCUT2D eigenvalue weighted by atomic mass is 35.5. The van der Waals surface area contributed by atoms with Crippen LogP contribution in [-0.4, -0.2) is 25.6 Å². The van der Waals surface area contributed by atoms with E-state index in [1.807, 2.05) is 19.1 Å². The van der Waals surface area contributed by atoms with Crippen LogP contribution in [0.3, 0.4) is 0 Å². The minimum atomic E-state index is -0.506. The molecular formula is C21H24ClNO4. The lowest BCUT2D eigenvalue weighted by Crippen LogP contribution is -2.13. The third-order valence-electron chi connectivity index (χ3n) is 4.07. The fourth-order valence-corrected chi connectivity index (χ4v) is 2.94. The fraction of sp³-hybridized carbons (Fsp3) is 0.333. The molecule has 2 rings (SSSR count). The van der Waals surface area contributed by atoms with Gasteiger partial charge in [-0.15, -0.1) is 0 Å². The summed E-state index contributed by atoms with van der Waals surface area (Å²) >= 11 is 6.03. The van der Waals surface area contributed by atoms with Crippen molar-refractivity contribution in [3.8, 4) is 5.75 Å². The highest BCUT2D eigenvalue weighted by molar-refractivity contribution is 6.33. The Balaban J connectivity index is 1.89. The maximum atomic E-state index is 12.2. The number of ether oxygens (including phenoxy) is 2. The molecule has 0 heterocycles. The van der Waals surface area contributed by atoms with Gasteiger partial charge < -0.3 is 14.8 Å². The molecule has 0 atom stereocenters. The van der Waals surface area contributed by atoms with E-state index >= 15 is 0 Å². The molecule has 0 spiro atoms. The van der Waals surface area contributed by atoms with Crippen LogP contribution in [0.25, 0.3) is 0 Å². The highest BCUT2D eigenvalue weighted by Gasteiger charge is 2.13. The molecule has 0 saturated carbocycles. The molecule has 2 aromatic carbocycles. The first-order valence-corrected chi connectivity index (χ1v) is 9.22. The molecule has 0 bridgehead atoms. The largest absolute Gasteiger partial charge is 0.496 e. The molecule has 0 aliphatic heterocycles. The highest BCUT2D eigenvalue weighted by Crippen LogP contribution is 2.22. The van der Waals surface area contributed by atoms with Crippen molar-refractivity contribution < 1.29 is 19.1 Å². The molecule has 0 radical (unpaired) electrons. The molecule has 144 valence electrons. The van der Waals surface area contributed by atoms with Gasteiger partial charge in [0.2, 0.25) is 5.91 Å². The van der Waals surface area contributed by atoms with E-state index in [4.69, 9.17) is 21.1 Å². The molecule has 6 heteroatoms. The Kier molecular flexibility index (Phi) is 7.67. The van der Waals surface area contributed by atoms with Crippen molar-refractivity contribution in [3.63, 3.8) is 0 Å². The average Bonchev–Trinajstić information content (AvgIpc) is 2.63. The Morgan fingerprint density at radius 3 is 2.59 bits per heavy atom. The van der Waals surface area contributed by atoms with Gasteiger partial charge in [0.25, 0.3) is 0 Å². The number of rotatable bonds is 8. The number of amides is 1. The van der Waals surface area contributed by atoms with Crippen molar-refractivity contribution >= 4 is 29.2 Å². The molecule has 0 aromatic heterocycles. The summed E-state index contributed by atoms with van der Waals surface area (Å²) in [5.74, 6) is 0.238. The summed E-state index contributed by atoms with van der Waals surface area (Å²) in [6.07, 6.45) is 1.89. The zero-order valence-corrected chi connectivity index (χ0v) is 16.6. The number of hydrogen-bond donors (Lipinski definition) is 1. The Morgan fingerprint density at radius 2 is 1.93 bits per heavy atom. The van der Waals surface area contributed by atoms with Gasteiger partial charge in [-0.05, 0) is 62.1 Å². The maximum absolute atomic E-state index is 12.2. The van der Waals surface area contributed by atoms with Gasteiger partial charge in [0, 0.05) is 12.1 Å². The van der Waals surface area contributed by atoms with Crippen molar-refractivity contribution in [2.45, 2.75) is 33.1 Å². The SMILES string of the molecule is CCOC(=O)c1cc(NC(=O)CCCc2ccc(OC)c(C)c2)ccc1Cl. The molecule has 0 fully saturated rings. The van der Waals surface area contributed by atoms with E-state index in [9.17, 15) is 9.59 Å². The Bertz CT molecular complexity index is 820. The second-order valence-electron chi connectivity index (χ2n) is 6.12. The number of carbonyl (C=O) groups excluding carboxylic acids is 2. The van der Waals surface area contributed by atoms with Gasteiger partial charge in [0.05, 0.1) is 24.3 Å². The summed E-state index contributed by atoms with van der Waals surface area (Å²) < 4.78 is 10.2. The minimum Gasteiger partial charge on any atom is -0.496 e. The first-order chi connectivity index (χ1) is 12.9. The van der Waals surface area contributed by atoms with Gasteiger partial charge in [0.1, 0.15) is 5.75 Å². The molecule has 27 heavy (non-hydrogen) atoms. The number of halogens is 1. The van der Waals surface area contributed by atoms with E-state index in [-0.39, 0.29) is 18.1 Å². The van der Waals surface area contributed by atoms with Crippen molar-refractivity contribution in [1.82, 2.24) is 0 Å². The van der Waals surface area contributed by atoms with Crippen molar-refractivity contribution in [2.75, 3.05) is 19.0 Å². The Morgan fingerprint density at radius 1 is 1.15 bits per heavy atom. The topological polar surface area (TPSA) is 64.6 Å². The normalized spacial score (nSPS) is 10.4. The third kappa shape index (κ3) is 6.00. The first kappa shape index (κ1) is 20.8. The Labute approximate surface area is 164 Å². The molecule has 0 saturated heterocycles. The predicted molar refractivity (Wildman–Crippen MR) is 107 cm³/mol. The van der Waals surface area contributed by atoms with Gasteiger partial charge in [-0.1, -0.05) is 23.7 Å². The molecule has 0 unspecified atom stereocenters. The number of carbonyl (C=O) groups is 2. The van der Waals surface area contributed by atoms with Crippen molar-refractivity contribution in [3.05, 3.63) is 58.1 Å². The molecule has 5 nitrogen and oxygen atoms in total. The zero-order chi connectivity index (χ0) is 19.8. The molecular weight excluding hydrogens is 366 g/mol. The summed E-state index contributed by atoms with van der Waals surface area (Å²) in [5, 5.41) is 3.09. The third-order valence-corrected chi connectivity index (χ3v) is 4.40. The maximum Gasteiger partial charge on any atom is 0.339 e. The van der Waals surface area contributed by atoms with Gasteiger partial charge in [-0.3, -0.25) is 4.79 Å². The molecule has 1 amide bonds. The van der Waals surface area contributed by atoms with Crippen LogP contribution in [0.4, 0.5) is 5.69 Å². The smallest absolute Gasteiger partial charge is 0.339 e. The van der Waals surface area contributed by atoms with Crippen LogP contribution in [0.1, 0.15) is 41.3 Å². The van der Waals surface area contributed by atoms with Gasteiger partial charge in [-0.2, -0.15) is 0 Å². The van der Waals surface area contributed by atoms with Crippen molar-refractivity contribution in [2.24, 2.45) is 0 Å². The molecule has 0 aliphatic carbocycles. The van der Waals surface area contributed by atoms with E-state index in [1.165, 1.54) is 6.07 Å². The van der Waals surface area contributed by atoms with Crippen LogP contribution in [0.5, 0.6) is 5.75 Å². The summed E-state index contributed by atoms with van der Waals surface area (Å²) in [4.78, 5) is 24.1. The van der Waals surface area contributed by atoms with Crippen LogP contribution in [0.15, 0.2) is 36.4 Å². The number of benzene rings is 2. The quantitative estimate of drug-likeness (QED) is 0.659. The van der Waals surface area contributed by atoms with E-state index in [0.717, 1.165) is 29.7 Å². The standard InChI is InChI=1S/C21H24ClNO4/c1-4-27-21(25)17-13-16(9-10-18(17)22)23-20(24)7-5-6-15-8-11-19(26-3)14(2)12-15/h8-13H,4-7H2,1-3H3,(H,23,24). The number of methoxy groups -OCH3 is 1. The fourth-order valence-electron chi connectivity index (χ4n) is 2.74. The predicted octanol–water partition coefficient (Wildman–Crippen LogP) is 4.80. The van der Waals surface area contributed by atoms with Crippen LogP contribution >= 0.6 is 11.6 Å². The van der Waals surface area contributed by atoms with E-state index < -0.39 is 5.97 Å². The monoisotopic (exact) mass is 389 g/mol. The van der Waals surface area contributed by atoms with Crippen LogP contribution in [0, 0.1) is 6.92 Å². The first-order valence-electron chi connectivity index (χ1n) is 8.84. The van der Waals surface area contributed by atoms with Crippen LogP contribution < -0.4 is 10.1 Å². The summed E-state index contributed by atoms with van der Waals surface area (Å²) in [7, 11) is 1.65. The number of anilines is 1. The summed E-state index contributed by atoms with van der Waals surface area (Å²) in [5.41, 5.74) is 3.00. The lowest BCUT2D eigenvalue weighted by Gasteiger charge is -2.09. The van der Waals surface area contributed by atoms with Gasteiger partial charge in [-0.25, -0.2) is 4.79 Å². The zero-order valence-electron chi connectivity index (χ0n) is 15.8. The lowest BCUT2D eigenvalue weighted by molar-refractivity contribution is -0.116. The second kappa shape index (κ2) is 9.97. The molecule has 2 aromatic rings. The van der Waals surface area contributed by atoms with Gasteiger partial charge >= 0.3 is 5.97 Å². The van der Waals surface area contributed by atoms with E-state index in [2.05, 4.69) is 11.4 Å². The van der Waals surface area contributed by atoms with Crippen LogP contribution in [0.2, 0.25) is 5.02 Å². The molecule has 1 N–H and O–H groups in total. The number of aryl methyl sites for hydroxylation is 2. The molecule has 0 aliphatic rings. The van der Waals surface area contributed by atoms with E-state index in [0.29, 0.717) is 17.1 Å². The summed E-state index contributed by atoms with van der Waals surface area (Å²) in [6, 6.07) is 10.8. The average molecular weight is 390 g/mol. The second-order valence-corrected chi connectivity index (χ2v) is 6.53. The number of esters is 1. The number of hydrogen-bond acceptors (Lipinski definition) is 4. The van der Waals surface area contributed by atoms with Crippen molar-refractivity contribution in [1.29, 1.82) is 0 Å². The number of nitrogens with one attached hydrogen (secondary N) is 1. The lowest BCUT2D eigenvalue weighted by atomic mass is 10.0. The minimum absolute atomic E-state index is 0.114. The summed E-state index contributed by atoms with van der Waals surface area (Å²) in [6.45, 7) is 3.98. The van der Waals surface area contributed by atoms with Crippen LogP contribution in [-0.2, 0) is 16.0 Å².